The van der Waals surface area contributed by atoms with E-state index in [1.54, 1.807) is 15.8 Å². The molecule has 0 bridgehead atoms. The molecular weight excluding hydrogens is 316 g/mol. The van der Waals surface area contributed by atoms with E-state index in [1.807, 2.05) is 62.3 Å². The largest absolute Gasteiger partial charge is 0.336 e. The molecule has 1 aromatic carbocycles. The van der Waals surface area contributed by atoms with Gasteiger partial charge in [-0.05, 0) is 26.0 Å². The molecule has 25 heavy (non-hydrogen) atoms. The lowest BCUT2D eigenvalue weighted by Gasteiger charge is -2.29. The summed E-state index contributed by atoms with van der Waals surface area (Å²) in [4.78, 5) is 29.0. The SMILES string of the molecule is CC(C)N(Cc1cnn(C)c1)C(=O)[C@@H]1CC(=O)N(c2ccccc2)C1. The molecule has 1 aliphatic heterocycles. The normalized spacial score (nSPS) is 17.4. The Balaban J connectivity index is 1.73. The van der Waals surface area contributed by atoms with Gasteiger partial charge in [0.25, 0.3) is 0 Å². The molecule has 1 atom stereocenters. The maximum Gasteiger partial charge on any atom is 0.228 e. The molecule has 1 saturated heterocycles. The first kappa shape index (κ1) is 17.2. The van der Waals surface area contributed by atoms with E-state index in [0.717, 1.165) is 11.3 Å². The number of aromatic nitrogens is 2. The number of hydrogen-bond acceptors (Lipinski definition) is 3. The molecule has 3 rings (SSSR count). The number of nitrogens with zero attached hydrogens (tertiary/aromatic N) is 4. The van der Waals surface area contributed by atoms with Crippen molar-refractivity contribution in [1.82, 2.24) is 14.7 Å². The Bertz CT molecular complexity index is 754. The molecular formula is C19H24N4O2. The number of anilines is 1. The first-order chi connectivity index (χ1) is 12.0. The predicted molar refractivity (Wildman–Crippen MR) is 95.8 cm³/mol. The van der Waals surface area contributed by atoms with Gasteiger partial charge in [0, 0.05) is 50.0 Å². The van der Waals surface area contributed by atoms with Gasteiger partial charge in [-0.1, -0.05) is 18.2 Å². The van der Waals surface area contributed by atoms with Gasteiger partial charge in [0.05, 0.1) is 12.1 Å². The van der Waals surface area contributed by atoms with Crippen LogP contribution in [-0.2, 0) is 23.2 Å². The second-order valence-electron chi connectivity index (χ2n) is 6.82. The number of amides is 2. The number of aryl methyl sites for hydroxylation is 1. The third-order valence-corrected chi connectivity index (χ3v) is 4.56. The van der Waals surface area contributed by atoms with Crippen molar-refractivity contribution in [3.05, 3.63) is 48.3 Å². The van der Waals surface area contributed by atoms with Gasteiger partial charge >= 0.3 is 0 Å². The van der Waals surface area contributed by atoms with E-state index in [4.69, 9.17) is 0 Å². The van der Waals surface area contributed by atoms with Crippen LogP contribution in [0.15, 0.2) is 42.7 Å². The molecule has 6 heteroatoms. The summed E-state index contributed by atoms with van der Waals surface area (Å²) >= 11 is 0. The molecule has 0 spiro atoms. The van der Waals surface area contributed by atoms with Crippen molar-refractivity contribution in [2.75, 3.05) is 11.4 Å². The Hall–Kier alpha value is -2.63. The Morgan fingerprint density at radius 2 is 2.04 bits per heavy atom. The molecule has 0 aliphatic carbocycles. The molecule has 0 unspecified atom stereocenters. The zero-order valence-electron chi connectivity index (χ0n) is 14.9. The number of carbonyl (C=O) groups excluding carboxylic acids is 2. The van der Waals surface area contributed by atoms with E-state index in [0.29, 0.717) is 13.1 Å². The number of hydrogen-bond donors (Lipinski definition) is 0. The van der Waals surface area contributed by atoms with E-state index < -0.39 is 0 Å². The fraction of sp³-hybridized carbons (Fsp3) is 0.421. The summed E-state index contributed by atoms with van der Waals surface area (Å²) in [5.74, 6) is -0.257. The van der Waals surface area contributed by atoms with Crippen molar-refractivity contribution in [3.8, 4) is 0 Å². The lowest BCUT2D eigenvalue weighted by Crippen LogP contribution is -2.41. The van der Waals surface area contributed by atoms with Crippen molar-refractivity contribution in [2.45, 2.75) is 32.9 Å². The minimum absolute atomic E-state index is 0.00892. The van der Waals surface area contributed by atoms with Gasteiger partial charge in [0.15, 0.2) is 0 Å². The summed E-state index contributed by atoms with van der Waals surface area (Å²) in [6.07, 6.45) is 3.96. The Morgan fingerprint density at radius 1 is 1.32 bits per heavy atom. The second kappa shape index (κ2) is 7.09. The fourth-order valence-corrected chi connectivity index (χ4v) is 3.23. The molecule has 0 saturated carbocycles. The van der Waals surface area contributed by atoms with Crippen LogP contribution in [0.2, 0.25) is 0 Å². The number of para-hydroxylation sites is 1. The van der Waals surface area contributed by atoms with Crippen LogP contribution in [0.25, 0.3) is 0 Å². The minimum atomic E-state index is -0.299. The Morgan fingerprint density at radius 3 is 2.64 bits per heavy atom. The second-order valence-corrected chi connectivity index (χ2v) is 6.82. The van der Waals surface area contributed by atoms with Crippen LogP contribution in [-0.4, -0.2) is 39.1 Å². The third-order valence-electron chi connectivity index (χ3n) is 4.56. The Kier molecular flexibility index (Phi) is 4.88. The minimum Gasteiger partial charge on any atom is -0.336 e. The number of rotatable bonds is 5. The molecule has 6 nitrogen and oxygen atoms in total. The summed E-state index contributed by atoms with van der Waals surface area (Å²) in [5.41, 5.74) is 1.85. The third kappa shape index (κ3) is 3.73. The average Bonchev–Trinajstić information content (AvgIpc) is 3.18. The van der Waals surface area contributed by atoms with Crippen LogP contribution in [0, 0.1) is 5.92 Å². The van der Waals surface area contributed by atoms with Gasteiger partial charge in [0.2, 0.25) is 11.8 Å². The molecule has 1 aliphatic rings. The summed E-state index contributed by atoms with van der Waals surface area (Å²) in [5, 5.41) is 4.17. The van der Waals surface area contributed by atoms with Crippen molar-refractivity contribution >= 4 is 17.5 Å². The highest BCUT2D eigenvalue weighted by atomic mass is 16.2. The highest BCUT2D eigenvalue weighted by Gasteiger charge is 2.37. The van der Waals surface area contributed by atoms with Crippen LogP contribution in [0.4, 0.5) is 5.69 Å². The average molecular weight is 340 g/mol. The van der Waals surface area contributed by atoms with Gasteiger partial charge in [-0.15, -0.1) is 0 Å². The number of carbonyl (C=O) groups is 2. The quantitative estimate of drug-likeness (QED) is 0.838. The predicted octanol–water partition coefficient (Wildman–Crippen LogP) is 2.21. The summed E-state index contributed by atoms with van der Waals surface area (Å²) in [6.45, 7) is 4.96. The van der Waals surface area contributed by atoms with Crippen LogP contribution < -0.4 is 4.90 Å². The van der Waals surface area contributed by atoms with E-state index in [-0.39, 0.29) is 30.2 Å². The molecule has 0 radical (unpaired) electrons. The van der Waals surface area contributed by atoms with Gasteiger partial charge < -0.3 is 9.80 Å². The molecule has 2 aromatic rings. The van der Waals surface area contributed by atoms with Crippen LogP contribution in [0.3, 0.4) is 0 Å². The highest BCUT2D eigenvalue weighted by Crippen LogP contribution is 2.27. The molecule has 2 amide bonds. The van der Waals surface area contributed by atoms with Crippen LogP contribution >= 0.6 is 0 Å². The highest BCUT2D eigenvalue weighted by molar-refractivity contribution is 6.00. The van der Waals surface area contributed by atoms with Gasteiger partial charge in [-0.2, -0.15) is 5.10 Å². The first-order valence-electron chi connectivity index (χ1n) is 8.59. The topological polar surface area (TPSA) is 58.4 Å². The number of benzene rings is 1. The molecule has 1 aromatic heterocycles. The van der Waals surface area contributed by atoms with Gasteiger partial charge in [-0.3, -0.25) is 14.3 Å². The maximum atomic E-state index is 13.0. The molecule has 0 N–H and O–H groups in total. The smallest absolute Gasteiger partial charge is 0.228 e. The summed E-state index contributed by atoms with van der Waals surface area (Å²) in [7, 11) is 1.86. The van der Waals surface area contributed by atoms with E-state index in [9.17, 15) is 9.59 Å². The fourth-order valence-electron chi connectivity index (χ4n) is 3.23. The van der Waals surface area contributed by atoms with E-state index in [2.05, 4.69) is 5.10 Å². The van der Waals surface area contributed by atoms with Gasteiger partial charge in [0.1, 0.15) is 0 Å². The molecule has 132 valence electrons. The first-order valence-corrected chi connectivity index (χ1v) is 8.59. The maximum absolute atomic E-state index is 13.0. The lowest BCUT2D eigenvalue weighted by molar-refractivity contribution is -0.138. The van der Waals surface area contributed by atoms with Crippen molar-refractivity contribution in [3.63, 3.8) is 0 Å². The molecule has 1 fully saturated rings. The van der Waals surface area contributed by atoms with Crippen LogP contribution in [0.1, 0.15) is 25.8 Å². The summed E-state index contributed by atoms with van der Waals surface area (Å²) in [6, 6.07) is 9.59. The van der Waals surface area contributed by atoms with Crippen molar-refractivity contribution < 1.29 is 9.59 Å². The molecule has 2 heterocycles. The lowest BCUT2D eigenvalue weighted by atomic mass is 10.1. The van der Waals surface area contributed by atoms with Gasteiger partial charge in [-0.25, -0.2) is 0 Å². The van der Waals surface area contributed by atoms with Crippen molar-refractivity contribution in [1.29, 1.82) is 0 Å². The van der Waals surface area contributed by atoms with Crippen LogP contribution in [0.5, 0.6) is 0 Å². The van der Waals surface area contributed by atoms with Crippen molar-refractivity contribution in [2.24, 2.45) is 13.0 Å². The summed E-state index contributed by atoms with van der Waals surface area (Å²) < 4.78 is 1.73. The monoisotopic (exact) mass is 340 g/mol. The zero-order chi connectivity index (χ0) is 18.0. The van der Waals surface area contributed by atoms with E-state index >= 15 is 0 Å². The standard InChI is InChI=1S/C19H24N4O2/c1-14(2)22(12-15-10-20-21(3)11-15)19(25)16-9-18(24)23(13-16)17-7-5-4-6-8-17/h4-8,10-11,14,16H,9,12-13H2,1-3H3/t16-/m1/s1. The Labute approximate surface area is 148 Å². The van der Waals surface area contributed by atoms with E-state index in [1.165, 1.54) is 0 Å². The zero-order valence-corrected chi connectivity index (χ0v) is 14.9.